The Morgan fingerprint density at radius 3 is 2.33 bits per heavy atom. The van der Waals surface area contributed by atoms with Crippen LogP contribution in [0, 0.1) is 11.8 Å². The van der Waals surface area contributed by atoms with Crippen LogP contribution < -0.4 is 5.32 Å². The lowest BCUT2D eigenvalue weighted by Gasteiger charge is -2.15. The van der Waals surface area contributed by atoms with Gasteiger partial charge >= 0.3 is 5.97 Å². The third-order valence-electron chi connectivity index (χ3n) is 2.83. The SMILES string of the molecule is CC(C)C(C)C(=O)Nc1cc(Br)cc(C(=O)O)c1. The van der Waals surface area contributed by atoms with Crippen molar-refractivity contribution in [2.45, 2.75) is 20.8 Å². The molecule has 0 aliphatic heterocycles. The van der Waals surface area contributed by atoms with Gasteiger partial charge in [0.2, 0.25) is 5.91 Å². The van der Waals surface area contributed by atoms with Crippen molar-refractivity contribution in [1.82, 2.24) is 0 Å². The van der Waals surface area contributed by atoms with Crippen molar-refractivity contribution >= 4 is 33.5 Å². The van der Waals surface area contributed by atoms with Gasteiger partial charge in [-0.25, -0.2) is 4.79 Å². The predicted octanol–water partition coefficient (Wildman–Crippen LogP) is 3.38. The van der Waals surface area contributed by atoms with Crippen molar-refractivity contribution in [3.8, 4) is 0 Å². The molecule has 0 saturated heterocycles. The Kier molecular flexibility index (Phi) is 4.90. The molecule has 0 saturated carbocycles. The summed E-state index contributed by atoms with van der Waals surface area (Å²) in [5.74, 6) is -1.03. The zero-order valence-corrected chi connectivity index (χ0v) is 12.1. The highest BCUT2D eigenvalue weighted by atomic mass is 79.9. The first-order valence-electron chi connectivity index (χ1n) is 5.66. The Morgan fingerprint density at radius 1 is 1.22 bits per heavy atom. The topological polar surface area (TPSA) is 66.4 Å². The third-order valence-corrected chi connectivity index (χ3v) is 3.28. The van der Waals surface area contributed by atoms with E-state index in [2.05, 4.69) is 21.2 Å². The number of benzene rings is 1. The number of rotatable bonds is 4. The number of aromatic carboxylic acids is 1. The average molecular weight is 314 g/mol. The van der Waals surface area contributed by atoms with E-state index in [0.29, 0.717) is 10.2 Å². The number of halogens is 1. The highest BCUT2D eigenvalue weighted by Gasteiger charge is 2.17. The summed E-state index contributed by atoms with van der Waals surface area (Å²) >= 11 is 3.22. The maximum Gasteiger partial charge on any atom is 0.335 e. The number of carbonyl (C=O) groups excluding carboxylic acids is 1. The first-order chi connectivity index (χ1) is 8.31. The van der Waals surface area contributed by atoms with E-state index in [-0.39, 0.29) is 23.3 Å². The van der Waals surface area contributed by atoms with Crippen LogP contribution in [0.3, 0.4) is 0 Å². The Morgan fingerprint density at radius 2 is 1.83 bits per heavy atom. The molecule has 18 heavy (non-hydrogen) atoms. The van der Waals surface area contributed by atoms with Gasteiger partial charge in [-0.05, 0) is 24.1 Å². The molecule has 0 fully saturated rings. The van der Waals surface area contributed by atoms with E-state index in [1.165, 1.54) is 12.1 Å². The Bertz CT molecular complexity index is 471. The standard InChI is InChI=1S/C13H16BrNO3/c1-7(2)8(3)12(16)15-11-5-9(13(17)18)4-10(14)6-11/h4-8H,1-3H3,(H,15,16)(H,17,18). The molecule has 0 radical (unpaired) electrons. The summed E-state index contributed by atoms with van der Waals surface area (Å²) in [6.07, 6.45) is 0. The number of nitrogens with one attached hydrogen (secondary N) is 1. The Labute approximate surface area is 115 Å². The molecule has 1 rings (SSSR count). The summed E-state index contributed by atoms with van der Waals surface area (Å²) in [6.45, 7) is 5.78. The van der Waals surface area contributed by atoms with E-state index >= 15 is 0 Å². The van der Waals surface area contributed by atoms with Crippen LogP contribution >= 0.6 is 15.9 Å². The summed E-state index contributed by atoms with van der Waals surface area (Å²) < 4.78 is 0.620. The normalized spacial score (nSPS) is 12.3. The average Bonchev–Trinajstić information content (AvgIpc) is 2.26. The minimum atomic E-state index is -1.02. The van der Waals surface area contributed by atoms with Crippen molar-refractivity contribution in [3.05, 3.63) is 28.2 Å². The third kappa shape index (κ3) is 3.84. The van der Waals surface area contributed by atoms with Crippen LogP contribution in [0.25, 0.3) is 0 Å². The summed E-state index contributed by atoms with van der Waals surface area (Å²) in [5, 5.41) is 11.7. The van der Waals surface area contributed by atoms with Crippen LogP contribution in [-0.2, 0) is 4.79 Å². The molecule has 5 heteroatoms. The highest BCUT2D eigenvalue weighted by Crippen LogP contribution is 2.21. The lowest BCUT2D eigenvalue weighted by Crippen LogP contribution is -2.24. The van der Waals surface area contributed by atoms with Gasteiger partial charge in [-0.1, -0.05) is 36.7 Å². The molecule has 0 bridgehead atoms. The summed E-state index contributed by atoms with van der Waals surface area (Å²) in [6, 6.07) is 4.61. The molecule has 0 aromatic heterocycles. The van der Waals surface area contributed by atoms with Crippen LogP contribution in [0.2, 0.25) is 0 Å². The molecule has 0 aliphatic rings. The van der Waals surface area contributed by atoms with Crippen LogP contribution in [0.5, 0.6) is 0 Å². The van der Waals surface area contributed by atoms with Crippen molar-refractivity contribution in [2.75, 3.05) is 5.32 Å². The molecule has 1 unspecified atom stereocenters. The second kappa shape index (κ2) is 6.00. The molecule has 1 aromatic carbocycles. The van der Waals surface area contributed by atoms with E-state index in [1.54, 1.807) is 6.07 Å². The molecule has 0 spiro atoms. The summed E-state index contributed by atoms with van der Waals surface area (Å²) in [4.78, 5) is 22.8. The van der Waals surface area contributed by atoms with Crippen LogP contribution in [0.1, 0.15) is 31.1 Å². The highest BCUT2D eigenvalue weighted by molar-refractivity contribution is 9.10. The molecule has 0 aliphatic carbocycles. The molecule has 1 atom stereocenters. The maximum absolute atomic E-state index is 11.9. The molecule has 98 valence electrons. The first kappa shape index (κ1) is 14.7. The van der Waals surface area contributed by atoms with Gasteiger partial charge in [0.1, 0.15) is 0 Å². The van der Waals surface area contributed by atoms with Gasteiger partial charge in [-0.15, -0.1) is 0 Å². The van der Waals surface area contributed by atoms with Crippen LogP contribution in [0.4, 0.5) is 5.69 Å². The van der Waals surface area contributed by atoms with Crippen LogP contribution in [0.15, 0.2) is 22.7 Å². The Balaban J connectivity index is 2.91. The largest absolute Gasteiger partial charge is 0.478 e. The zero-order chi connectivity index (χ0) is 13.9. The lowest BCUT2D eigenvalue weighted by atomic mass is 9.97. The van der Waals surface area contributed by atoms with Gasteiger partial charge in [0.25, 0.3) is 0 Å². The molecule has 1 amide bonds. The monoisotopic (exact) mass is 313 g/mol. The fourth-order valence-corrected chi connectivity index (χ4v) is 1.84. The van der Waals surface area contributed by atoms with Gasteiger partial charge in [0.05, 0.1) is 5.56 Å². The second-order valence-electron chi connectivity index (χ2n) is 4.56. The quantitative estimate of drug-likeness (QED) is 0.895. The molecule has 1 aromatic rings. The second-order valence-corrected chi connectivity index (χ2v) is 5.47. The first-order valence-corrected chi connectivity index (χ1v) is 6.45. The maximum atomic E-state index is 11.9. The van der Waals surface area contributed by atoms with Crippen molar-refractivity contribution in [2.24, 2.45) is 11.8 Å². The fraction of sp³-hybridized carbons (Fsp3) is 0.385. The number of carboxylic acid groups (broad SMARTS) is 1. The van der Waals surface area contributed by atoms with Crippen molar-refractivity contribution in [1.29, 1.82) is 0 Å². The minimum Gasteiger partial charge on any atom is -0.478 e. The van der Waals surface area contributed by atoms with Gasteiger partial charge in [0.15, 0.2) is 0 Å². The summed E-state index contributed by atoms with van der Waals surface area (Å²) in [5.41, 5.74) is 0.621. The number of hydrogen-bond donors (Lipinski definition) is 2. The van der Waals surface area contributed by atoms with E-state index in [1.807, 2.05) is 20.8 Å². The molecular weight excluding hydrogens is 298 g/mol. The van der Waals surface area contributed by atoms with E-state index in [0.717, 1.165) is 0 Å². The number of carbonyl (C=O) groups is 2. The number of anilines is 1. The van der Waals surface area contributed by atoms with Gasteiger partial charge in [0, 0.05) is 16.1 Å². The lowest BCUT2D eigenvalue weighted by molar-refractivity contribution is -0.120. The van der Waals surface area contributed by atoms with E-state index < -0.39 is 5.97 Å². The fourth-order valence-electron chi connectivity index (χ4n) is 1.34. The number of hydrogen-bond acceptors (Lipinski definition) is 2. The molecular formula is C13H16BrNO3. The van der Waals surface area contributed by atoms with E-state index in [4.69, 9.17) is 5.11 Å². The zero-order valence-electron chi connectivity index (χ0n) is 10.5. The molecule has 0 heterocycles. The van der Waals surface area contributed by atoms with Gasteiger partial charge in [-0.3, -0.25) is 4.79 Å². The van der Waals surface area contributed by atoms with Gasteiger partial charge in [-0.2, -0.15) is 0 Å². The summed E-state index contributed by atoms with van der Waals surface area (Å²) in [7, 11) is 0. The number of amides is 1. The predicted molar refractivity (Wildman–Crippen MR) is 73.7 cm³/mol. The van der Waals surface area contributed by atoms with Crippen molar-refractivity contribution < 1.29 is 14.7 Å². The molecule has 4 nitrogen and oxygen atoms in total. The van der Waals surface area contributed by atoms with Gasteiger partial charge < -0.3 is 10.4 Å². The number of carboxylic acids is 1. The van der Waals surface area contributed by atoms with Crippen LogP contribution in [-0.4, -0.2) is 17.0 Å². The smallest absolute Gasteiger partial charge is 0.335 e. The van der Waals surface area contributed by atoms with E-state index in [9.17, 15) is 9.59 Å². The van der Waals surface area contributed by atoms with Crippen molar-refractivity contribution in [3.63, 3.8) is 0 Å². The minimum absolute atomic E-state index is 0.112. The molecule has 2 N–H and O–H groups in total. The Hall–Kier alpha value is -1.36.